The summed E-state index contributed by atoms with van der Waals surface area (Å²) in [5, 5.41) is 7.12. The van der Waals surface area contributed by atoms with Crippen LogP contribution in [0, 0.1) is 0 Å². The lowest BCUT2D eigenvalue weighted by Gasteiger charge is -2.32. The number of esters is 1. The number of aliphatic carboxylic acids is 1. The predicted octanol–water partition coefficient (Wildman–Crippen LogP) is 2.14. The highest BCUT2D eigenvalue weighted by Gasteiger charge is 2.51. The maximum Gasteiger partial charge on any atom is 0.494 e. The van der Waals surface area contributed by atoms with Gasteiger partial charge in [-0.3, -0.25) is 4.98 Å². The molecule has 1 saturated heterocycles. The standard InChI is InChI=1S/C20H25BN4O4.C2HF3O2/c1-19(2)20(3,4)29-21(28-19)15-9-7-13(8-10-15)16(25-18(22)23)27-17(26)14-6-5-11-24-12-14;3-2(4,5)1(6)7/h5-12,16H,1-4H3,(H4,22,23,25);(H,6,7). The van der Waals surface area contributed by atoms with Gasteiger partial charge < -0.3 is 30.6 Å². The van der Waals surface area contributed by atoms with Crippen molar-refractivity contribution in [3.05, 3.63) is 59.9 Å². The number of nitrogens with two attached hydrogens (primary N) is 2. The van der Waals surface area contributed by atoms with Crippen LogP contribution in [-0.4, -0.2) is 52.5 Å². The number of carbonyl (C=O) groups excluding carboxylic acids is 1. The molecule has 2 heterocycles. The molecule has 1 aromatic carbocycles. The minimum Gasteiger partial charge on any atom is -0.475 e. The number of carboxylic acid groups (broad SMARTS) is 1. The molecule has 0 aliphatic carbocycles. The minimum absolute atomic E-state index is 0.191. The normalized spacial score (nSPS) is 16.8. The van der Waals surface area contributed by atoms with Crippen LogP contribution < -0.4 is 16.9 Å². The summed E-state index contributed by atoms with van der Waals surface area (Å²) < 4.78 is 49.3. The summed E-state index contributed by atoms with van der Waals surface area (Å²) in [6.07, 6.45) is -3.09. The number of rotatable bonds is 5. The van der Waals surface area contributed by atoms with Crippen molar-refractivity contribution in [2.24, 2.45) is 16.5 Å². The van der Waals surface area contributed by atoms with Gasteiger partial charge in [0, 0.05) is 18.0 Å². The average molecular weight is 510 g/mol. The van der Waals surface area contributed by atoms with E-state index in [2.05, 4.69) is 9.98 Å². The van der Waals surface area contributed by atoms with Crippen LogP contribution in [0.2, 0.25) is 0 Å². The Bertz CT molecular complexity index is 1080. The SMILES string of the molecule is CC1(C)OB(c2ccc(C(N=C(N)N)OC(=O)c3cccnc3)cc2)OC1(C)C.O=C(O)C(F)(F)F. The summed E-state index contributed by atoms with van der Waals surface area (Å²) in [5.41, 5.74) is 11.9. The van der Waals surface area contributed by atoms with Crippen LogP contribution in [0.25, 0.3) is 0 Å². The van der Waals surface area contributed by atoms with Crippen molar-refractivity contribution in [2.45, 2.75) is 51.3 Å². The van der Waals surface area contributed by atoms with Crippen molar-refractivity contribution in [1.29, 1.82) is 0 Å². The molecule has 10 nitrogen and oxygen atoms in total. The van der Waals surface area contributed by atoms with Crippen LogP contribution in [0.4, 0.5) is 13.2 Å². The summed E-state index contributed by atoms with van der Waals surface area (Å²) in [6.45, 7) is 7.98. The number of aromatic nitrogens is 1. The second kappa shape index (κ2) is 11.0. The fourth-order valence-electron chi connectivity index (χ4n) is 2.75. The molecular weight excluding hydrogens is 484 g/mol. The van der Waals surface area contributed by atoms with Gasteiger partial charge in [-0.15, -0.1) is 0 Å². The van der Waals surface area contributed by atoms with Crippen molar-refractivity contribution in [1.82, 2.24) is 4.98 Å². The molecule has 0 bridgehead atoms. The second-order valence-corrected chi connectivity index (χ2v) is 8.61. The Hall–Kier alpha value is -3.65. The van der Waals surface area contributed by atoms with Gasteiger partial charge in [0.25, 0.3) is 0 Å². The van der Waals surface area contributed by atoms with E-state index in [0.29, 0.717) is 11.1 Å². The van der Waals surface area contributed by atoms with Gasteiger partial charge in [-0.2, -0.15) is 13.2 Å². The third kappa shape index (κ3) is 7.42. The molecule has 194 valence electrons. The van der Waals surface area contributed by atoms with Gasteiger partial charge in [-0.1, -0.05) is 24.3 Å². The summed E-state index contributed by atoms with van der Waals surface area (Å²) in [5.74, 6) is -3.53. The number of halogens is 3. The van der Waals surface area contributed by atoms with E-state index in [0.717, 1.165) is 5.46 Å². The molecule has 1 aliphatic rings. The van der Waals surface area contributed by atoms with Gasteiger partial charge in [0.05, 0.1) is 16.8 Å². The third-order valence-corrected chi connectivity index (χ3v) is 5.37. The van der Waals surface area contributed by atoms with Gasteiger partial charge in [0.1, 0.15) is 0 Å². The van der Waals surface area contributed by atoms with Gasteiger partial charge in [-0.25, -0.2) is 14.6 Å². The second-order valence-electron chi connectivity index (χ2n) is 8.61. The van der Waals surface area contributed by atoms with E-state index in [1.54, 1.807) is 30.5 Å². The molecule has 3 rings (SSSR count). The summed E-state index contributed by atoms with van der Waals surface area (Å²) >= 11 is 0. The first kappa shape index (κ1) is 28.6. The summed E-state index contributed by atoms with van der Waals surface area (Å²) in [6, 6.07) is 10.5. The average Bonchev–Trinajstić information content (AvgIpc) is 3.00. The zero-order chi connectivity index (χ0) is 27.3. The van der Waals surface area contributed by atoms with E-state index >= 15 is 0 Å². The van der Waals surface area contributed by atoms with Crippen molar-refractivity contribution in [3.8, 4) is 0 Å². The van der Waals surface area contributed by atoms with E-state index in [9.17, 15) is 18.0 Å². The quantitative estimate of drug-likeness (QED) is 0.237. The lowest BCUT2D eigenvalue weighted by molar-refractivity contribution is -0.192. The third-order valence-electron chi connectivity index (χ3n) is 5.37. The number of ether oxygens (including phenoxy) is 1. The highest BCUT2D eigenvalue weighted by Crippen LogP contribution is 2.36. The molecule has 0 saturated carbocycles. The van der Waals surface area contributed by atoms with Crippen molar-refractivity contribution in [2.75, 3.05) is 0 Å². The van der Waals surface area contributed by atoms with Crippen LogP contribution >= 0.6 is 0 Å². The number of nitrogens with zero attached hydrogens (tertiary/aromatic N) is 2. The molecule has 1 unspecified atom stereocenters. The van der Waals surface area contributed by atoms with Crippen molar-refractivity contribution < 1.29 is 41.9 Å². The van der Waals surface area contributed by atoms with E-state index in [4.69, 9.17) is 35.4 Å². The molecule has 1 aromatic heterocycles. The van der Waals surface area contributed by atoms with Crippen LogP contribution in [0.3, 0.4) is 0 Å². The number of carboxylic acids is 1. The molecule has 2 aromatic rings. The van der Waals surface area contributed by atoms with Crippen LogP contribution in [0.15, 0.2) is 53.8 Å². The molecule has 1 atom stereocenters. The zero-order valence-corrected chi connectivity index (χ0v) is 19.9. The number of pyridine rings is 1. The lowest BCUT2D eigenvalue weighted by Crippen LogP contribution is -2.41. The Morgan fingerprint density at radius 3 is 2.03 bits per heavy atom. The largest absolute Gasteiger partial charge is 0.494 e. The van der Waals surface area contributed by atoms with Crippen molar-refractivity contribution in [3.63, 3.8) is 0 Å². The predicted molar refractivity (Wildman–Crippen MR) is 124 cm³/mol. The van der Waals surface area contributed by atoms with E-state index in [1.165, 1.54) is 6.20 Å². The first-order chi connectivity index (χ1) is 16.5. The number of hydrogen-bond donors (Lipinski definition) is 3. The monoisotopic (exact) mass is 510 g/mol. The lowest BCUT2D eigenvalue weighted by atomic mass is 9.79. The maximum atomic E-state index is 12.4. The van der Waals surface area contributed by atoms with Gasteiger partial charge >= 0.3 is 25.2 Å². The number of hydrogen-bond acceptors (Lipinski definition) is 7. The maximum absolute atomic E-state index is 12.4. The molecule has 1 aliphatic heterocycles. The fraction of sp³-hybridized carbons (Fsp3) is 0.364. The molecule has 14 heteroatoms. The van der Waals surface area contributed by atoms with Gasteiger partial charge in [0.15, 0.2) is 5.96 Å². The van der Waals surface area contributed by atoms with E-state index < -0.39 is 42.7 Å². The van der Waals surface area contributed by atoms with E-state index in [-0.39, 0.29) is 5.96 Å². The van der Waals surface area contributed by atoms with Crippen molar-refractivity contribution >= 4 is 30.5 Å². The Balaban J connectivity index is 0.000000572. The number of aliphatic imine (C=N–C) groups is 1. The highest BCUT2D eigenvalue weighted by atomic mass is 19.4. The highest BCUT2D eigenvalue weighted by molar-refractivity contribution is 6.62. The summed E-state index contributed by atoms with van der Waals surface area (Å²) in [4.78, 5) is 29.2. The number of guanidine groups is 1. The Labute approximate surface area is 205 Å². The van der Waals surface area contributed by atoms with Crippen LogP contribution in [-0.2, 0) is 18.8 Å². The molecule has 0 spiro atoms. The van der Waals surface area contributed by atoms with Crippen LogP contribution in [0.1, 0.15) is 49.8 Å². The number of carbonyl (C=O) groups is 2. The molecule has 0 amide bonds. The topological polar surface area (TPSA) is 159 Å². The first-order valence-corrected chi connectivity index (χ1v) is 10.5. The molecule has 0 radical (unpaired) electrons. The minimum atomic E-state index is -5.08. The molecular formula is C22H26BF3N4O6. The Morgan fingerprint density at radius 2 is 1.61 bits per heavy atom. The number of alkyl halides is 3. The molecule has 1 fully saturated rings. The van der Waals surface area contributed by atoms with Gasteiger partial charge in [0.2, 0.25) is 6.23 Å². The van der Waals surface area contributed by atoms with Crippen LogP contribution in [0.5, 0.6) is 0 Å². The molecule has 5 N–H and O–H groups in total. The Morgan fingerprint density at radius 1 is 1.08 bits per heavy atom. The zero-order valence-electron chi connectivity index (χ0n) is 19.9. The fourth-order valence-corrected chi connectivity index (χ4v) is 2.75. The molecule has 36 heavy (non-hydrogen) atoms. The van der Waals surface area contributed by atoms with Gasteiger partial charge in [-0.05, 0) is 45.3 Å². The first-order valence-electron chi connectivity index (χ1n) is 10.5. The Kier molecular flexibility index (Phi) is 8.70. The summed E-state index contributed by atoms with van der Waals surface area (Å²) in [7, 11) is -0.492. The number of benzene rings is 1. The van der Waals surface area contributed by atoms with E-state index in [1.807, 2.05) is 39.8 Å². The smallest absolute Gasteiger partial charge is 0.475 e.